The van der Waals surface area contributed by atoms with E-state index in [2.05, 4.69) is 28.7 Å². The molecule has 0 amide bonds. The molecule has 1 saturated heterocycles. The van der Waals surface area contributed by atoms with Crippen LogP contribution < -0.4 is 10.6 Å². The van der Waals surface area contributed by atoms with E-state index in [-0.39, 0.29) is 5.95 Å². The number of nitrogens with zero attached hydrogens (tertiary/aromatic N) is 3. The van der Waals surface area contributed by atoms with Crippen molar-refractivity contribution in [2.45, 2.75) is 33.1 Å². The van der Waals surface area contributed by atoms with Gasteiger partial charge in [-0.25, -0.2) is 4.98 Å². The zero-order valence-electron chi connectivity index (χ0n) is 10.4. The van der Waals surface area contributed by atoms with E-state index in [4.69, 9.17) is 17.3 Å². The van der Waals surface area contributed by atoms with E-state index < -0.39 is 0 Å². The Morgan fingerprint density at radius 1 is 1.47 bits per heavy atom. The van der Waals surface area contributed by atoms with Gasteiger partial charge >= 0.3 is 0 Å². The van der Waals surface area contributed by atoms with Crippen molar-refractivity contribution in [3.05, 3.63) is 11.2 Å². The minimum absolute atomic E-state index is 0.285. The van der Waals surface area contributed by atoms with Crippen LogP contribution in [0.2, 0.25) is 5.02 Å². The van der Waals surface area contributed by atoms with Gasteiger partial charge in [-0.15, -0.1) is 0 Å². The highest BCUT2D eigenvalue weighted by molar-refractivity contribution is 6.32. The Balaban J connectivity index is 2.13. The van der Waals surface area contributed by atoms with E-state index in [1.165, 1.54) is 19.3 Å². The van der Waals surface area contributed by atoms with E-state index in [9.17, 15) is 0 Å². The lowest BCUT2D eigenvalue weighted by Gasteiger charge is -2.39. The van der Waals surface area contributed by atoms with Crippen molar-refractivity contribution in [2.24, 2.45) is 5.41 Å². The highest BCUT2D eigenvalue weighted by Crippen LogP contribution is 2.36. The summed E-state index contributed by atoms with van der Waals surface area (Å²) in [6, 6.07) is 0. The van der Waals surface area contributed by atoms with Gasteiger partial charge in [0.2, 0.25) is 5.95 Å². The van der Waals surface area contributed by atoms with Crippen molar-refractivity contribution in [1.82, 2.24) is 9.97 Å². The third kappa shape index (κ3) is 2.63. The van der Waals surface area contributed by atoms with Crippen LogP contribution in [0.3, 0.4) is 0 Å². The second kappa shape index (κ2) is 4.69. The maximum atomic E-state index is 6.11. The third-order valence-corrected chi connectivity index (χ3v) is 4.13. The molecule has 2 N–H and O–H groups in total. The first-order valence-corrected chi connectivity index (χ1v) is 6.45. The minimum Gasteiger partial charge on any atom is -0.368 e. The lowest BCUT2D eigenvalue weighted by atomic mass is 9.78. The predicted octanol–water partition coefficient (Wildman–Crippen LogP) is 2.73. The molecule has 2 rings (SSSR count). The molecule has 1 aromatic rings. The van der Waals surface area contributed by atoms with Gasteiger partial charge in [0.05, 0.1) is 6.20 Å². The van der Waals surface area contributed by atoms with Crippen LogP contribution in [0.5, 0.6) is 0 Å². The molecular formula is C12H19ClN4. The first-order valence-electron chi connectivity index (χ1n) is 6.07. The highest BCUT2D eigenvalue weighted by Gasteiger charge is 2.29. The molecule has 0 aliphatic carbocycles. The molecule has 0 radical (unpaired) electrons. The molecule has 0 unspecified atom stereocenters. The molecule has 1 aliphatic heterocycles. The normalized spacial score (nSPS) is 19.4. The van der Waals surface area contributed by atoms with Gasteiger partial charge in [-0.05, 0) is 18.3 Å². The molecule has 0 spiro atoms. The molecule has 94 valence electrons. The Kier molecular flexibility index (Phi) is 3.43. The van der Waals surface area contributed by atoms with E-state index in [1.54, 1.807) is 6.20 Å². The molecule has 4 nitrogen and oxygen atoms in total. The van der Waals surface area contributed by atoms with E-state index in [1.807, 2.05) is 0 Å². The average Bonchev–Trinajstić information content (AvgIpc) is 2.34. The number of halogens is 1. The number of rotatable bonds is 2. The quantitative estimate of drug-likeness (QED) is 0.882. The highest BCUT2D eigenvalue weighted by atomic mass is 35.5. The molecule has 1 aliphatic rings. The topological polar surface area (TPSA) is 55.0 Å². The molecule has 0 aromatic carbocycles. The number of anilines is 2. The Morgan fingerprint density at radius 3 is 2.71 bits per heavy atom. The monoisotopic (exact) mass is 254 g/mol. The fraction of sp³-hybridized carbons (Fsp3) is 0.667. The smallest absolute Gasteiger partial charge is 0.222 e. The Labute approximate surface area is 107 Å². The minimum atomic E-state index is 0.285. The number of aromatic nitrogens is 2. The summed E-state index contributed by atoms with van der Waals surface area (Å²) in [5.41, 5.74) is 6.07. The van der Waals surface area contributed by atoms with Crippen molar-refractivity contribution in [1.29, 1.82) is 0 Å². The summed E-state index contributed by atoms with van der Waals surface area (Å²) in [5.74, 6) is 1.06. The fourth-order valence-corrected chi connectivity index (χ4v) is 2.42. The van der Waals surface area contributed by atoms with Gasteiger partial charge in [0, 0.05) is 13.1 Å². The van der Waals surface area contributed by atoms with E-state index >= 15 is 0 Å². The summed E-state index contributed by atoms with van der Waals surface area (Å²) in [4.78, 5) is 10.3. The number of hydrogen-bond donors (Lipinski definition) is 1. The van der Waals surface area contributed by atoms with Gasteiger partial charge in [0.25, 0.3) is 0 Å². The van der Waals surface area contributed by atoms with E-state index in [0.717, 1.165) is 18.9 Å². The molecule has 0 atom stereocenters. The average molecular weight is 255 g/mol. The molecular weight excluding hydrogens is 236 g/mol. The van der Waals surface area contributed by atoms with Gasteiger partial charge in [0.1, 0.15) is 5.02 Å². The number of nitrogens with two attached hydrogens (primary N) is 1. The van der Waals surface area contributed by atoms with Crippen LogP contribution >= 0.6 is 11.6 Å². The second-order valence-electron chi connectivity index (χ2n) is 5.05. The van der Waals surface area contributed by atoms with Gasteiger partial charge in [-0.1, -0.05) is 31.9 Å². The third-order valence-electron chi connectivity index (χ3n) is 3.87. The zero-order valence-corrected chi connectivity index (χ0v) is 11.2. The van der Waals surface area contributed by atoms with Gasteiger partial charge in [-0.3, -0.25) is 0 Å². The summed E-state index contributed by atoms with van der Waals surface area (Å²) in [5, 5.41) is 0.583. The van der Waals surface area contributed by atoms with Crippen molar-refractivity contribution in [3.8, 4) is 0 Å². The van der Waals surface area contributed by atoms with E-state index in [0.29, 0.717) is 10.4 Å². The van der Waals surface area contributed by atoms with Crippen LogP contribution in [0, 0.1) is 5.41 Å². The van der Waals surface area contributed by atoms with Gasteiger partial charge in [-0.2, -0.15) is 4.98 Å². The molecule has 17 heavy (non-hydrogen) atoms. The lowest BCUT2D eigenvalue weighted by Crippen LogP contribution is -2.39. The van der Waals surface area contributed by atoms with Gasteiger partial charge in [0.15, 0.2) is 5.82 Å². The summed E-state index contributed by atoms with van der Waals surface area (Å²) in [7, 11) is 0. The molecule has 0 bridgehead atoms. The SMILES string of the molecule is CCC1(C)CCN(c2nc(N)ncc2Cl)CC1. The molecule has 1 fully saturated rings. The van der Waals surface area contributed by atoms with Crippen molar-refractivity contribution >= 4 is 23.4 Å². The largest absolute Gasteiger partial charge is 0.368 e. The van der Waals surface area contributed by atoms with Crippen molar-refractivity contribution < 1.29 is 0 Å². The standard InChI is InChI=1S/C12H19ClN4/c1-3-12(2)4-6-17(7-5-12)10-9(13)8-15-11(14)16-10/h8H,3-7H2,1-2H3,(H2,14,15,16). The van der Waals surface area contributed by atoms with Crippen molar-refractivity contribution in [3.63, 3.8) is 0 Å². The lowest BCUT2D eigenvalue weighted by molar-refractivity contribution is 0.238. The summed E-state index contributed by atoms with van der Waals surface area (Å²) in [6.45, 7) is 6.58. The molecule has 5 heteroatoms. The molecule has 1 aromatic heterocycles. The first-order chi connectivity index (χ1) is 8.04. The molecule has 2 heterocycles. The van der Waals surface area contributed by atoms with Gasteiger partial charge < -0.3 is 10.6 Å². The Morgan fingerprint density at radius 2 is 2.12 bits per heavy atom. The first kappa shape index (κ1) is 12.4. The fourth-order valence-electron chi connectivity index (χ4n) is 2.20. The summed E-state index contributed by atoms with van der Waals surface area (Å²) in [6.07, 6.45) is 5.14. The zero-order chi connectivity index (χ0) is 12.5. The van der Waals surface area contributed by atoms with Crippen LogP contribution in [0.1, 0.15) is 33.1 Å². The second-order valence-corrected chi connectivity index (χ2v) is 5.46. The van der Waals surface area contributed by atoms with Crippen molar-refractivity contribution in [2.75, 3.05) is 23.7 Å². The van der Waals surface area contributed by atoms with Crippen LogP contribution in [0.4, 0.5) is 11.8 Å². The maximum Gasteiger partial charge on any atom is 0.222 e. The van der Waals surface area contributed by atoms with Crippen LogP contribution in [-0.2, 0) is 0 Å². The van der Waals surface area contributed by atoms with Crippen LogP contribution in [0.25, 0.3) is 0 Å². The predicted molar refractivity (Wildman–Crippen MR) is 71.3 cm³/mol. The summed E-state index contributed by atoms with van der Waals surface area (Å²) >= 11 is 6.11. The Hall–Kier alpha value is -1.03. The number of nitrogen functional groups attached to an aromatic ring is 1. The number of hydrogen-bond acceptors (Lipinski definition) is 4. The summed E-state index contributed by atoms with van der Waals surface area (Å²) < 4.78 is 0. The molecule has 0 saturated carbocycles. The maximum absolute atomic E-state index is 6.11. The van der Waals surface area contributed by atoms with Crippen LogP contribution in [0.15, 0.2) is 6.20 Å². The number of piperidine rings is 1. The Bertz CT molecular complexity index is 399. The van der Waals surface area contributed by atoms with Crippen LogP contribution in [-0.4, -0.2) is 23.1 Å².